The van der Waals surface area contributed by atoms with E-state index in [9.17, 15) is 14.4 Å². The van der Waals surface area contributed by atoms with Gasteiger partial charge in [0.15, 0.2) is 0 Å². The Morgan fingerprint density at radius 2 is 1.91 bits per heavy atom. The number of carbonyl (C=O) groups is 3. The van der Waals surface area contributed by atoms with E-state index in [1.54, 1.807) is 4.90 Å². The van der Waals surface area contributed by atoms with E-state index in [1.165, 1.54) is 10.5 Å². The van der Waals surface area contributed by atoms with E-state index in [1.807, 2.05) is 18.2 Å². The van der Waals surface area contributed by atoms with Gasteiger partial charge in [-0.15, -0.1) is 0 Å². The zero-order chi connectivity index (χ0) is 15.5. The zero-order valence-electron chi connectivity index (χ0n) is 12.3. The lowest BCUT2D eigenvalue weighted by atomic mass is 10.0. The molecule has 0 bridgehead atoms. The van der Waals surface area contributed by atoms with E-state index in [4.69, 9.17) is 0 Å². The minimum absolute atomic E-state index is 0.0698. The number of nitrogens with one attached hydrogen (secondary N) is 1. The van der Waals surface area contributed by atoms with Crippen molar-refractivity contribution >= 4 is 17.8 Å². The van der Waals surface area contributed by atoms with Gasteiger partial charge in [-0.05, 0) is 18.4 Å². The van der Waals surface area contributed by atoms with Crippen molar-refractivity contribution in [3.63, 3.8) is 0 Å². The molecule has 22 heavy (non-hydrogen) atoms. The third-order valence-electron chi connectivity index (χ3n) is 4.16. The first-order chi connectivity index (χ1) is 10.6. The van der Waals surface area contributed by atoms with Gasteiger partial charge in [0.2, 0.25) is 11.8 Å². The fourth-order valence-corrected chi connectivity index (χ4v) is 2.87. The van der Waals surface area contributed by atoms with E-state index in [2.05, 4.69) is 17.4 Å². The summed E-state index contributed by atoms with van der Waals surface area (Å²) >= 11 is 0. The van der Waals surface area contributed by atoms with Gasteiger partial charge in [0, 0.05) is 19.5 Å². The highest BCUT2D eigenvalue weighted by atomic mass is 16.2. The fourth-order valence-electron chi connectivity index (χ4n) is 2.87. The molecule has 0 aromatic heterocycles. The van der Waals surface area contributed by atoms with Crippen LogP contribution in [0, 0.1) is 0 Å². The van der Waals surface area contributed by atoms with Crippen LogP contribution in [0.4, 0.5) is 4.79 Å². The van der Waals surface area contributed by atoms with Crippen molar-refractivity contribution in [2.45, 2.75) is 25.3 Å². The second kappa shape index (κ2) is 6.17. The molecule has 1 aromatic rings. The Morgan fingerprint density at radius 1 is 1.18 bits per heavy atom. The van der Waals surface area contributed by atoms with Gasteiger partial charge in [-0.1, -0.05) is 30.3 Å². The Bertz CT molecular complexity index is 566. The number of amides is 4. The minimum atomic E-state index is -0.342. The van der Waals surface area contributed by atoms with Gasteiger partial charge >= 0.3 is 6.03 Å². The van der Waals surface area contributed by atoms with Gasteiger partial charge in [0.05, 0.1) is 12.6 Å². The van der Waals surface area contributed by atoms with Crippen molar-refractivity contribution in [1.29, 1.82) is 0 Å². The highest BCUT2D eigenvalue weighted by Gasteiger charge is 2.42. The Morgan fingerprint density at radius 3 is 2.55 bits per heavy atom. The molecule has 2 saturated heterocycles. The highest BCUT2D eigenvalue weighted by Crippen LogP contribution is 2.19. The number of hydrogen-bond acceptors (Lipinski definition) is 3. The molecule has 0 aliphatic carbocycles. The van der Waals surface area contributed by atoms with Crippen LogP contribution in [0.15, 0.2) is 30.3 Å². The Balaban J connectivity index is 1.40. The average molecular weight is 301 g/mol. The van der Waals surface area contributed by atoms with Crippen LogP contribution >= 0.6 is 0 Å². The Kier molecular flexibility index (Phi) is 4.09. The normalized spacial score (nSPS) is 18.4. The summed E-state index contributed by atoms with van der Waals surface area (Å²) in [4.78, 5) is 38.1. The Hall–Kier alpha value is -2.37. The van der Waals surface area contributed by atoms with Crippen molar-refractivity contribution < 1.29 is 14.4 Å². The van der Waals surface area contributed by atoms with Gasteiger partial charge < -0.3 is 10.2 Å². The number of benzene rings is 1. The molecule has 6 nitrogen and oxygen atoms in total. The largest absolute Gasteiger partial charge is 0.338 e. The van der Waals surface area contributed by atoms with Gasteiger partial charge in [0.1, 0.15) is 0 Å². The summed E-state index contributed by atoms with van der Waals surface area (Å²) in [7, 11) is 0. The Labute approximate surface area is 129 Å². The molecule has 2 aliphatic rings. The predicted molar refractivity (Wildman–Crippen MR) is 80.0 cm³/mol. The quantitative estimate of drug-likeness (QED) is 0.817. The third-order valence-corrected chi connectivity index (χ3v) is 4.16. The van der Waals surface area contributed by atoms with E-state index in [0.29, 0.717) is 19.5 Å². The molecule has 0 spiro atoms. The first-order valence-corrected chi connectivity index (χ1v) is 7.57. The number of aryl methyl sites for hydroxylation is 1. The summed E-state index contributed by atoms with van der Waals surface area (Å²) in [5, 5.41) is 2.50. The van der Waals surface area contributed by atoms with Crippen molar-refractivity contribution in [2.24, 2.45) is 0 Å². The maximum absolute atomic E-state index is 12.1. The molecule has 4 amide bonds. The molecule has 116 valence electrons. The fraction of sp³-hybridized carbons (Fsp3) is 0.438. The lowest BCUT2D eigenvalue weighted by Gasteiger charge is -2.42. The molecular weight excluding hydrogens is 282 g/mol. The molecule has 0 saturated carbocycles. The number of urea groups is 1. The first-order valence-electron chi connectivity index (χ1n) is 7.57. The molecular formula is C16H19N3O3. The topological polar surface area (TPSA) is 69.7 Å². The summed E-state index contributed by atoms with van der Waals surface area (Å²) in [6.45, 7) is 0.993. The van der Waals surface area contributed by atoms with Gasteiger partial charge in [0.25, 0.3) is 0 Å². The second-order valence-corrected chi connectivity index (χ2v) is 5.71. The van der Waals surface area contributed by atoms with Crippen molar-refractivity contribution in [2.75, 3.05) is 19.6 Å². The van der Waals surface area contributed by atoms with Gasteiger partial charge in [-0.3, -0.25) is 14.5 Å². The van der Waals surface area contributed by atoms with Crippen LogP contribution in [0.1, 0.15) is 18.4 Å². The maximum Gasteiger partial charge on any atom is 0.324 e. The number of imide groups is 1. The minimum Gasteiger partial charge on any atom is -0.338 e. The molecule has 0 atom stereocenters. The van der Waals surface area contributed by atoms with Crippen LogP contribution in [0.3, 0.4) is 0 Å². The molecule has 6 heteroatoms. The van der Waals surface area contributed by atoms with Crippen LogP contribution in [-0.4, -0.2) is 53.3 Å². The summed E-state index contributed by atoms with van der Waals surface area (Å²) in [5.41, 5.74) is 1.23. The van der Waals surface area contributed by atoms with Crippen molar-refractivity contribution in [1.82, 2.24) is 15.1 Å². The first kappa shape index (κ1) is 14.6. The van der Waals surface area contributed by atoms with Gasteiger partial charge in [-0.25, -0.2) is 4.79 Å². The third kappa shape index (κ3) is 2.95. The number of rotatable bonds is 5. The molecule has 2 heterocycles. The van der Waals surface area contributed by atoms with Crippen molar-refractivity contribution in [3.05, 3.63) is 35.9 Å². The number of carbonyl (C=O) groups excluding carboxylic acids is 3. The van der Waals surface area contributed by atoms with E-state index >= 15 is 0 Å². The molecule has 2 aliphatic heterocycles. The lowest BCUT2D eigenvalue weighted by Crippen LogP contribution is -2.62. The second-order valence-electron chi connectivity index (χ2n) is 5.71. The van der Waals surface area contributed by atoms with E-state index < -0.39 is 0 Å². The summed E-state index contributed by atoms with van der Waals surface area (Å²) in [6, 6.07) is 9.58. The standard InChI is InChI=1S/C16H19N3O3/c20-14(8-4-7-12-5-2-1-3-6-12)18-10-13(11-18)19-15(21)9-17-16(19)22/h1-3,5-6,13H,4,7-11H2,(H,17,22). The van der Waals surface area contributed by atoms with Crippen LogP contribution in [-0.2, 0) is 16.0 Å². The summed E-state index contributed by atoms with van der Waals surface area (Å²) < 4.78 is 0. The van der Waals surface area contributed by atoms with Crippen LogP contribution in [0.25, 0.3) is 0 Å². The van der Waals surface area contributed by atoms with Crippen LogP contribution in [0.5, 0.6) is 0 Å². The molecule has 0 radical (unpaired) electrons. The van der Waals surface area contributed by atoms with Crippen molar-refractivity contribution in [3.8, 4) is 0 Å². The molecule has 1 N–H and O–H groups in total. The van der Waals surface area contributed by atoms with E-state index in [0.717, 1.165) is 12.8 Å². The van der Waals surface area contributed by atoms with Crippen LogP contribution < -0.4 is 5.32 Å². The lowest BCUT2D eigenvalue weighted by molar-refractivity contribution is -0.142. The highest BCUT2D eigenvalue weighted by molar-refractivity contribution is 6.02. The predicted octanol–water partition coefficient (Wildman–Crippen LogP) is 0.772. The summed E-state index contributed by atoms with van der Waals surface area (Å²) in [6.07, 6.45) is 2.20. The smallest absolute Gasteiger partial charge is 0.324 e. The summed E-state index contributed by atoms with van der Waals surface area (Å²) in [5.74, 6) is -0.106. The number of nitrogens with zero attached hydrogens (tertiary/aromatic N) is 2. The van der Waals surface area contributed by atoms with E-state index in [-0.39, 0.29) is 30.4 Å². The SMILES string of the molecule is O=C(CCCc1ccccc1)N1CC(N2C(=O)CNC2=O)C1. The van der Waals surface area contributed by atoms with Crippen LogP contribution in [0.2, 0.25) is 0 Å². The number of likely N-dealkylation sites (tertiary alicyclic amines) is 1. The number of hydrogen-bond donors (Lipinski definition) is 1. The zero-order valence-corrected chi connectivity index (χ0v) is 12.3. The molecule has 2 fully saturated rings. The molecule has 0 unspecified atom stereocenters. The molecule has 1 aromatic carbocycles. The molecule has 3 rings (SSSR count). The average Bonchev–Trinajstić information content (AvgIpc) is 2.79. The monoisotopic (exact) mass is 301 g/mol. The van der Waals surface area contributed by atoms with Gasteiger partial charge in [-0.2, -0.15) is 0 Å². The maximum atomic E-state index is 12.1.